The molecular formula is C13H16FNO. The zero-order chi connectivity index (χ0) is 11.0. The minimum Gasteiger partial charge on any atom is -0.488 e. The molecule has 86 valence electrons. The van der Waals surface area contributed by atoms with Crippen LogP contribution in [-0.4, -0.2) is 19.2 Å². The molecule has 1 heterocycles. The van der Waals surface area contributed by atoms with Crippen molar-refractivity contribution >= 4 is 0 Å². The van der Waals surface area contributed by atoms with Gasteiger partial charge in [-0.2, -0.15) is 0 Å². The van der Waals surface area contributed by atoms with Crippen molar-refractivity contribution in [1.29, 1.82) is 0 Å². The first-order chi connectivity index (χ1) is 7.81. The average molecular weight is 221 g/mol. The van der Waals surface area contributed by atoms with E-state index in [1.807, 2.05) is 0 Å². The zero-order valence-electron chi connectivity index (χ0n) is 9.21. The van der Waals surface area contributed by atoms with Crippen molar-refractivity contribution in [2.24, 2.45) is 5.92 Å². The van der Waals surface area contributed by atoms with Crippen molar-refractivity contribution in [2.75, 3.05) is 13.1 Å². The quantitative estimate of drug-likeness (QED) is 0.841. The fourth-order valence-corrected chi connectivity index (χ4v) is 2.17. The van der Waals surface area contributed by atoms with Crippen molar-refractivity contribution in [2.45, 2.75) is 25.4 Å². The number of nitrogens with one attached hydrogen (secondary N) is 1. The monoisotopic (exact) mass is 221 g/mol. The fraction of sp³-hybridized carbons (Fsp3) is 0.538. The van der Waals surface area contributed by atoms with E-state index >= 15 is 0 Å². The standard InChI is InChI=1S/C13H16FNO/c14-11-3-4-13-10(5-11)6-12(16-13)8-15-7-9-1-2-9/h3-5,9,12,15H,1-2,6-8H2. The summed E-state index contributed by atoms with van der Waals surface area (Å²) >= 11 is 0. The first-order valence-corrected chi connectivity index (χ1v) is 5.97. The Bertz CT molecular complexity index is 390. The molecule has 0 saturated heterocycles. The number of ether oxygens (including phenoxy) is 1. The third kappa shape index (κ3) is 2.19. The molecule has 0 spiro atoms. The second kappa shape index (κ2) is 4.06. The van der Waals surface area contributed by atoms with Crippen LogP contribution in [0.5, 0.6) is 5.75 Å². The Kier molecular flexibility index (Phi) is 2.56. The molecular weight excluding hydrogens is 205 g/mol. The van der Waals surface area contributed by atoms with Crippen molar-refractivity contribution in [1.82, 2.24) is 5.32 Å². The molecule has 3 rings (SSSR count). The number of hydrogen-bond acceptors (Lipinski definition) is 2. The van der Waals surface area contributed by atoms with Crippen LogP contribution in [0.3, 0.4) is 0 Å². The third-order valence-corrected chi connectivity index (χ3v) is 3.27. The summed E-state index contributed by atoms with van der Waals surface area (Å²) in [6.45, 7) is 1.97. The molecule has 1 N–H and O–H groups in total. The molecule has 2 aliphatic rings. The lowest BCUT2D eigenvalue weighted by atomic mass is 10.1. The van der Waals surface area contributed by atoms with Crippen molar-refractivity contribution in [3.05, 3.63) is 29.6 Å². The Hall–Kier alpha value is -1.09. The van der Waals surface area contributed by atoms with Crippen LogP contribution >= 0.6 is 0 Å². The highest BCUT2D eigenvalue weighted by molar-refractivity contribution is 5.37. The van der Waals surface area contributed by atoms with E-state index in [2.05, 4.69) is 5.32 Å². The maximum Gasteiger partial charge on any atom is 0.123 e. The molecule has 1 atom stereocenters. The Morgan fingerprint density at radius 2 is 2.19 bits per heavy atom. The molecule has 1 saturated carbocycles. The second-order valence-electron chi connectivity index (χ2n) is 4.80. The van der Waals surface area contributed by atoms with E-state index in [4.69, 9.17) is 4.74 Å². The first kappa shape index (κ1) is 10.1. The molecule has 16 heavy (non-hydrogen) atoms. The van der Waals surface area contributed by atoms with Gasteiger partial charge >= 0.3 is 0 Å². The Balaban J connectivity index is 1.53. The Labute approximate surface area is 94.8 Å². The molecule has 2 nitrogen and oxygen atoms in total. The summed E-state index contributed by atoms with van der Waals surface area (Å²) in [4.78, 5) is 0. The van der Waals surface area contributed by atoms with Gasteiger partial charge in [-0.25, -0.2) is 4.39 Å². The number of hydrogen-bond donors (Lipinski definition) is 1. The van der Waals surface area contributed by atoms with E-state index in [1.165, 1.54) is 18.9 Å². The second-order valence-corrected chi connectivity index (χ2v) is 4.80. The normalized spacial score (nSPS) is 22.9. The van der Waals surface area contributed by atoms with Gasteiger partial charge in [0.25, 0.3) is 0 Å². The smallest absolute Gasteiger partial charge is 0.123 e. The van der Waals surface area contributed by atoms with Crippen LogP contribution < -0.4 is 10.1 Å². The highest BCUT2D eigenvalue weighted by Gasteiger charge is 2.25. The van der Waals surface area contributed by atoms with Gasteiger partial charge in [0.05, 0.1) is 0 Å². The van der Waals surface area contributed by atoms with Gasteiger partial charge in [0, 0.05) is 18.5 Å². The summed E-state index contributed by atoms with van der Waals surface area (Å²) in [5.74, 6) is 1.56. The lowest BCUT2D eigenvalue weighted by Crippen LogP contribution is -2.31. The topological polar surface area (TPSA) is 21.3 Å². The number of halogens is 1. The van der Waals surface area contributed by atoms with Crippen LogP contribution in [0, 0.1) is 11.7 Å². The van der Waals surface area contributed by atoms with Gasteiger partial charge in [-0.3, -0.25) is 0 Å². The van der Waals surface area contributed by atoms with Gasteiger partial charge in [-0.1, -0.05) is 0 Å². The largest absolute Gasteiger partial charge is 0.488 e. The van der Waals surface area contributed by atoms with E-state index in [9.17, 15) is 4.39 Å². The van der Waals surface area contributed by atoms with E-state index in [0.717, 1.165) is 36.7 Å². The number of fused-ring (bicyclic) bond motifs is 1. The number of rotatable bonds is 4. The summed E-state index contributed by atoms with van der Waals surface area (Å²) in [6.07, 6.45) is 3.73. The van der Waals surface area contributed by atoms with Crippen LogP contribution in [-0.2, 0) is 6.42 Å². The molecule has 1 aromatic carbocycles. The lowest BCUT2D eigenvalue weighted by molar-refractivity contribution is 0.227. The molecule has 0 aromatic heterocycles. The molecule has 1 fully saturated rings. The molecule has 1 unspecified atom stereocenters. The minimum atomic E-state index is -0.172. The van der Waals surface area contributed by atoms with Crippen molar-refractivity contribution in [3.63, 3.8) is 0 Å². The number of benzene rings is 1. The van der Waals surface area contributed by atoms with Gasteiger partial charge in [-0.05, 0) is 43.5 Å². The third-order valence-electron chi connectivity index (χ3n) is 3.27. The maximum atomic E-state index is 13.0. The van der Waals surface area contributed by atoms with Crippen LogP contribution in [0.1, 0.15) is 18.4 Å². The summed E-state index contributed by atoms with van der Waals surface area (Å²) in [7, 11) is 0. The average Bonchev–Trinajstić information content (AvgIpc) is 2.98. The predicted molar refractivity (Wildman–Crippen MR) is 60.1 cm³/mol. The van der Waals surface area contributed by atoms with E-state index in [-0.39, 0.29) is 11.9 Å². The molecule has 0 bridgehead atoms. The predicted octanol–water partition coefficient (Wildman–Crippen LogP) is 2.13. The summed E-state index contributed by atoms with van der Waals surface area (Å²) in [5, 5.41) is 3.42. The minimum absolute atomic E-state index is 0.172. The maximum absolute atomic E-state index is 13.0. The molecule has 0 radical (unpaired) electrons. The summed E-state index contributed by atoms with van der Waals surface area (Å²) in [5.41, 5.74) is 0.998. The molecule has 1 aliphatic heterocycles. The summed E-state index contributed by atoms with van der Waals surface area (Å²) < 4.78 is 18.7. The van der Waals surface area contributed by atoms with Crippen LogP contribution in [0.15, 0.2) is 18.2 Å². The first-order valence-electron chi connectivity index (χ1n) is 5.97. The fourth-order valence-electron chi connectivity index (χ4n) is 2.17. The van der Waals surface area contributed by atoms with Gasteiger partial charge < -0.3 is 10.1 Å². The lowest BCUT2D eigenvalue weighted by Gasteiger charge is -2.11. The molecule has 1 aromatic rings. The van der Waals surface area contributed by atoms with Gasteiger partial charge in [0.15, 0.2) is 0 Å². The summed E-state index contributed by atoms with van der Waals surface area (Å²) in [6, 6.07) is 4.76. The highest BCUT2D eigenvalue weighted by atomic mass is 19.1. The van der Waals surface area contributed by atoms with Crippen LogP contribution in [0.2, 0.25) is 0 Å². The van der Waals surface area contributed by atoms with Crippen molar-refractivity contribution in [3.8, 4) is 5.75 Å². The molecule has 3 heteroatoms. The van der Waals surface area contributed by atoms with Crippen LogP contribution in [0.25, 0.3) is 0 Å². The Morgan fingerprint density at radius 1 is 1.31 bits per heavy atom. The van der Waals surface area contributed by atoms with E-state index in [1.54, 1.807) is 12.1 Å². The zero-order valence-corrected chi connectivity index (χ0v) is 9.21. The van der Waals surface area contributed by atoms with Crippen LogP contribution in [0.4, 0.5) is 4.39 Å². The van der Waals surface area contributed by atoms with Gasteiger partial charge in [0.1, 0.15) is 17.7 Å². The van der Waals surface area contributed by atoms with Crippen molar-refractivity contribution < 1.29 is 9.13 Å². The highest BCUT2D eigenvalue weighted by Crippen LogP contribution is 2.30. The SMILES string of the molecule is Fc1ccc2c(c1)CC(CNCC1CC1)O2. The Morgan fingerprint density at radius 3 is 3.00 bits per heavy atom. The molecule has 0 amide bonds. The van der Waals surface area contributed by atoms with E-state index in [0.29, 0.717) is 0 Å². The van der Waals surface area contributed by atoms with Gasteiger partial charge in [0.2, 0.25) is 0 Å². The molecule has 1 aliphatic carbocycles. The van der Waals surface area contributed by atoms with Gasteiger partial charge in [-0.15, -0.1) is 0 Å². The van der Waals surface area contributed by atoms with E-state index < -0.39 is 0 Å².